The highest BCUT2D eigenvalue weighted by molar-refractivity contribution is 6.10. The Morgan fingerprint density at radius 2 is 1.97 bits per heavy atom. The quantitative estimate of drug-likeness (QED) is 0.596. The number of fused-ring (bicyclic) bond motifs is 1. The highest BCUT2D eigenvalue weighted by atomic mass is 16.5. The summed E-state index contributed by atoms with van der Waals surface area (Å²) in [6, 6.07) is 9.17. The number of hydrogen-bond donors (Lipinski definition) is 0. The van der Waals surface area contributed by atoms with Gasteiger partial charge in [-0.05, 0) is 13.0 Å². The molecule has 0 aliphatic carbocycles. The van der Waals surface area contributed by atoms with Gasteiger partial charge in [0.1, 0.15) is 12.0 Å². The first-order valence-electron chi connectivity index (χ1n) is 9.66. The molecule has 1 aliphatic heterocycles. The van der Waals surface area contributed by atoms with E-state index in [2.05, 4.69) is 4.90 Å². The molecule has 4 rings (SSSR count). The van der Waals surface area contributed by atoms with E-state index in [1.807, 2.05) is 42.8 Å². The summed E-state index contributed by atoms with van der Waals surface area (Å²) in [5.74, 6) is 0.443. The van der Waals surface area contributed by atoms with E-state index < -0.39 is 0 Å². The van der Waals surface area contributed by atoms with Crippen molar-refractivity contribution in [1.82, 2.24) is 9.47 Å². The fraction of sp³-hybridized carbons (Fsp3) is 0.364. The van der Waals surface area contributed by atoms with Crippen molar-refractivity contribution >= 4 is 16.7 Å². The lowest BCUT2D eigenvalue weighted by atomic mass is 10.1. The van der Waals surface area contributed by atoms with E-state index in [-0.39, 0.29) is 23.6 Å². The summed E-state index contributed by atoms with van der Waals surface area (Å²) in [5.41, 5.74) is 2.19. The number of ketones is 1. The number of aryl methyl sites for hydroxylation is 1. The molecule has 152 valence electrons. The third-order valence-electron chi connectivity index (χ3n) is 5.37. The van der Waals surface area contributed by atoms with E-state index in [1.54, 1.807) is 0 Å². The lowest BCUT2D eigenvalue weighted by Gasteiger charge is -2.25. The van der Waals surface area contributed by atoms with Crippen molar-refractivity contribution in [2.24, 2.45) is 7.05 Å². The van der Waals surface area contributed by atoms with Crippen LogP contribution in [0.3, 0.4) is 0 Å². The molecule has 29 heavy (non-hydrogen) atoms. The van der Waals surface area contributed by atoms with Crippen LogP contribution in [0.4, 0.5) is 0 Å². The maximum Gasteiger partial charge on any atom is 0.227 e. The number of carbonyl (C=O) groups is 1. The predicted molar refractivity (Wildman–Crippen MR) is 109 cm³/mol. The van der Waals surface area contributed by atoms with Gasteiger partial charge >= 0.3 is 0 Å². The van der Waals surface area contributed by atoms with Crippen LogP contribution in [0.1, 0.15) is 21.8 Å². The summed E-state index contributed by atoms with van der Waals surface area (Å²) in [6.07, 6.45) is 1.29. The molecule has 2 aromatic heterocycles. The fourth-order valence-corrected chi connectivity index (χ4v) is 3.69. The van der Waals surface area contributed by atoms with E-state index in [0.717, 1.165) is 29.7 Å². The largest absolute Gasteiger partial charge is 0.478 e. The first-order valence-corrected chi connectivity index (χ1v) is 9.66. The van der Waals surface area contributed by atoms with Crippen LogP contribution in [0, 0.1) is 6.92 Å². The van der Waals surface area contributed by atoms with Gasteiger partial charge in [-0.3, -0.25) is 14.5 Å². The number of nitrogens with zero attached hydrogens (tertiary/aromatic N) is 2. The smallest absolute Gasteiger partial charge is 0.227 e. The van der Waals surface area contributed by atoms with Crippen molar-refractivity contribution < 1.29 is 18.7 Å². The molecule has 7 nitrogen and oxygen atoms in total. The second-order valence-electron chi connectivity index (χ2n) is 7.21. The summed E-state index contributed by atoms with van der Waals surface area (Å²) in [7, 11) is 1.93. The maximum absolute atomic E-state index is 12.8. The molecule has 3 heterocycles. The van der Waals surface area contributed by atoms with Gasteiger partial charge in [0.05, 0.1) is 19.8 Å². The molecule has 0 unspecified atom stereocenters. The molecule has 1 saturated heterocycles. The molecule has 0 spiro atoms. The number of hydrogen-bond acceptors (Lipinski definition) is 6. The first-order chi connectivity index (χ1) is 14.0. The summed E-state index contributed by atoms with van der Waals surface area (Å²) in [4.78, 5) is 27.3. The SMILES string of the molecule is Cc1c(C(=O)COc2coc(CN3CCOCC3)cc2=O)c2ccccc2n1C. The van der Waals surface area contributed by atoms with Gasteiger partial charge in [0.2, 0.25) is 17.0 Å². The minimum Gasteiger partial charge on any atom is -0.478 e. The molecule has 0 N–H and O–H groups in total. The van der Waals surface area contributed by atoms with Crippen molar-refractivity contribution in [2.75, 3.05) is 32.9 Å². The van der Waals surface area contributed by atoms with Crippen LogP contribution in [0.5, 0.6) is 5.75 Å². The summed E-state index contributed by atoms with van der Waals surface area (Å²) >= 11 is 0. The molecule has 0 saturated carbocycles. The van der Waals surface area contributed by atoms with Crippen molar-refractivity contribution in [2.45, 2.75) is 13.5 Å². The fourth-order valence-electron chi connectivity index (χ4n) is 3.69. The third kappa shape index (κ3) is 3.97. The number of rotatable bonds is 6. The van der Waals surface area contributed by atoms with Gasteiger partial charge < -0.3 is 18.5 Å². The number of aromatic nitrogens is 1. The average molecular weight is 396 g/mol. The molecule has 1 aromatic carbocycles. The van der Waals surface area contributed by atoms with Crippen molar-refractivity contribution in [3.8, 4) is 5.75 Å². The number of morpholine rings is 1. The molecular weight excluding hydrogens is 372 g/mol. The molecule has 3 aromatic rings. The zero-order valence-electron chi connectivity index (χ0n) is 16.6. The monoisotopic (exact) mass is 396 g/mol. The van der Waals surface area contributed by atoms with E-state index in [4.69, 9.17) is 13.9 Å². The van der Waals surface area contributed by atoms with Crippen molar-refractivity contribution in [3.63, 3.8) is 0 Å². The highest BCUT2D eigenvalue weighted by Gasteiger charge is 2.19. The minimum absolute atomic E-state index is 0.0435. The first kappa shape index (κ1) is 19.4. The van der Waals surface area contributed by atoms with Gasteiger partial charge in [-0.25, -0.2) is 0 Å². The number of benzene rings is 1. The Kier molecular flexibility index (Phi) is 5.51. The number of para-hydroxylation sites is 1. The molecule has 7 heteroatoms. The summed E-state index contributed by atoms with van der Waals surface area (Å²) in [6.45, 7) is 5.21. The van der Waals surface area contributed by atoms with Crippen LogP contribution >= 0.6 is 0 Å². The Morgan fingerprint density at radius 1 is 1.21 bits per heavy atom. The van der Waals surface area contributed by atoms with Crippen LogP contribution in [0.2, 0.25) is 0 Å². The van der Waals surface area contributed by atoms with Gasteiger partial charge in [-0.1, -0.05) is 18.2 Å². The van der Waals surface area contributed by atoms with Crippen LogP contribution in [0.25, 0.3) is 10.9 Å². The zero-order chi connectivity index (χ0) is 20.4. The lowest BCUT2D eigenvalue weighted by Crippen LogP contribution is -2.35. The van der Waals surface area contributed by atoms with E-state index in [9.17, 15) is 9.59 Å². The second kappa shape index (κ2) is 8.23. The van der Waals surface area contributed by atoms with Crippen molar-refractivity contribution in [1.29, 1.82) is 0 Å². The zero-order valence-corrected chi connectivity index (χ0v) is 16.6. The Labute approximate surface area is 168 Å². The molecule has 1 fully saturated rings. The Hall–Kier alpha value is -2.90. The van der Waals surface area contributed by atoms with E-state index in [0.29, 0.717) is 31.1 Å². The molecule has 0 atom stereocenters. The topological polar surface area (TPSA) is 73.9 Å². The third-order valence-corrected chi connectivity index (χ3v) is 5.37. The summed E-state index contributed by atoms with van der Waals surface area (Å²) < 4.78 is 18.4. The van der Waals surface area contributed by atoms with Gasteiger partial charge in [0.15, 0.2) is 6.61 Å². The second-order valence-corrected chi connectivity index (χ2v) is 7.21. The van der Waals surface area contributed by atoms with Crippen LogP contribution < -0.4 is 10.2 Å². The Balaban J connectivity index is 1.46. The molecule has 0 bridgehead atoms. The number of ether oxygens (including phenoxy) is 2. The van der Waals surface area contributed by atoms with Gasteiger partial charge in [-0.15, -0.1) is 0 Å². The Bertz CT molecular complexity index is 1090. The number of carbonyl (C=O) groups excluding carboxylic acids is 1. The van der Waals surface area contributed by atoms with Crippen LogP contribution in [0.15, 0.2) is 45.8 Å². The molecular formula is C22H24N2O5. The molecule has 1 aliphatic rings. The molecule has 0 amide bonds. The maximum atomic E-state index is 12.8. The van der Waals surface area contributed by atoms with Gasteiger partial charge in [0, 0.05) is 48.4 Å². The van der Waals surface area contributed by atoms with Crippen molar-refractivity contribution in [3.05, 3.63) is 63.8 Å². The Morgan fingerprint density at radius 3 is 2.72 bits per heavy atom. The lowest BCUT2D eigenvalue weighted by molar-refractivity contribution is 0.0310. The normalized spacial score (nSPS) is 15.0. The predicted octanol–water partition coefficient (Wildman–Crippen LogP) is 2.53. The van der Waals surface area contributed by atoms with E-state index >= 15 is 0 Å². The minimum atomic E-state index is -0.290. The van der Waals surface area contributed by atoms with Crippen LogP contribution in [-0.2, 0) is 18.3 Å². The van der Waals surface area contributed by atoms with Gasteiger partial charge in [-0.2, -0.15) is 0 Å². The van der Waals surface area contributed by atoms with Crippen LogP contribution in [-0.4, -0.2) is 48.2 Å². The highest BCUT2D eigenvalue weighted by Crippen LogP contribution is 2.25. The van der Waals surface area contributed by atoms with E-state index in [1.165, 1.54) is 12.3 Å². The van der Waals surface area contributed by atoms with Gasteiger partial charge in [0.25, 0.3) is 0 Å². The molecule has 0 radical (unpaired) electrons. The summed E-state index contributed by atoms with van der Waals surface area (Å²) in [5, 5.41) is 0.883. The number of Topliss-reactive ketones (excluding diaryl/α,β-unsaturated/α-hetero) is 1. The average Bonchev–Trinajstić information content (AvgIpc) is 2.99. The standard InChI is InChI=1S/C22H24N2O5/c1-15-22(17-5-3-4-6-18(17)23(15)2)20(26)13-29-21-14-28-16(11-19(21)25)12-24-7-9-27-10-8-24/h3-6,11,14H,7-10,12-13H2,1-2H3.